The molecule has 0 bridgehead atoms. The zero-order valence-corrected chi connectivity index (χ0v) is 6.02. The highest BCUT2D eigenvalue weighted by Gasteiger charge is 2.02. The number of nitrogens with zero attached hydrogens (tertiary/aromatic N) is 1. The predicted molar refractivity (Wildman–Crippen MR) is 43.9 cm³/mol. The van der Waals surface area contributed by atoms with Crippen molar-refractivity contribution in [3.05, 3.63) is 39.9 Å². The van der Waals surface area contributed by atoms with Gasteiger partial charge in [0.1, 0.15) is 0 Å². The zero-order chi connectivity index (χ0) is 12.6. The van der Waals surface area contributed by atoms with Crippen LogP contribution in [0, 0.1) is 10.1 Å². The summed E-state index contributed by atoms with van der Waals surface area (Å²) in [6.07, 6.45) is -2.62. The molecule has 1 rings (SSSR count). The molecule has 0 heterocycles. The number of aryl methyl sites for hydroxylation is 1. The SMILES string of the molecule is [2H]C([2H])(O)C([2H])([2H])c1ccc([N+](=O)[O-])cc1. The van der Waals surface area contributed by atoms with E-state index in [1.165, 1.54) is 0 Å². The third-order valence-electron chi connectivity index (χ3n) is 1.28. The summed E-state index contributed by atoms with van der Waals surface area (Å²) in [5.41, 5.74) is -0.386. The molecule has 0 atom stereocenters. The molecular weight excluding hydrogens is 158 g/mol. The van der Waals surface area contributed by atoms with Gasteiger partial charge >= 0.3 is 0 Å². The lowest BCUT2D eigenvalue weighted by Gasteiger charge is -1.95. The van der Waals surface area contributed by atoms with Crippen molar-refractivity contribution in [3.8, 4) is 0 Å². The van der Waals surface area contributed by atoms with Crippen molar-refractivity contribution in [3.63, 3.8) is 0 Å². The Balaban J connectivity index is 3.11. The van der Waals surface area contributed by atoms with E-state index in [0.717, 1.165) is 24.3 Å². The predicted octanol–water partition coefficient (Wildman–Crippen LogP) is 1.13. The van der Waals surface area contributed by atoms with Gasteiger partial charge in [-0.05, 0) is 11.9 Å². The van der Waals surface area contributed by atoms with Crippen LogP contribution < -0.4 is 0 Å². The average molecular weight is 171 g/mol. The van der Waals surface area contributed by atoms with Crippen molar-refractivity contribution in [2.24, 2.45) is 0 Å². The number of aliphatic hydroxyl groups is 1. The molecule has 0 aliphatic rings. The van der Waals surface area contributed by atoms with Crippen molar-refractivity contribution in [1.82, 2.24) is 0 Å². The topological polar surface area (TPSA) is 63.4 Å². The summed E-state index contributed by atoms with van der Waals surface area (Å²) in [4.78, 5) is 9.70. The summed E-state index contributed by atoms with van der Waals surface area (Å²) in [7, 11) is 0. The fraction of sp³-hybridized carbons (Fsp3) is 0.250. The molecule has 4 nitrogen and oxygen atoms in total. The Morgan fingerprint density at radius 3 is 2.50 bits per heavy atom. The summed E-state index contributed by atoms with van der Waals surface area (Å²) in [6, 6.07) is 4.26. The van der Waals surface area contributed by atoms with Gasteiger partial charge < -0.3 is 5.11 Å². The van der Waals surface area contributed by atoms with Gasteiger partial charge in [-0.15, -0.1) is 0 Å². The molecule has 0 aliphatic heterocycles. The Morgan fingerprint density at radius 1 is 1.50 bits per heavy atom. The number of nitro groups is 1. The van der Waals surface area contributed by atoms with Crippen molar-refractivity contribution in [2.75, 3.05) is 6.56 Å². The van der Waals surface area contributed by atoms with Crippen LogP contribution in [0.5, 0.6) is 0 Å². The second kappa shape index (κ2) is 3.82. The zero-order valence-electron chi connectivity index (χ0n) is 10.0. The van der Waals surface area contributed by atoms with Crippen LogP contribution in [-0.2, 0) is 6.37 Å². The number of rotatable bonds is 3. The van der Waals surface area contributed by atoms with E-state index in [-0.39, 0.29) is 11.3 Å². The molecule has 64 valence electrons. The lowest BCUT2D eigenvalue weighted by atomic mass is 10.1. The maximum absolute atomic E-state index is 10.3. The highest BCUT2D eigenvalue weighted by molar-refractivity contribution is 5.32. The van der Waals surface area contributed by atoms with Crippen molar-refractivity contribution < 1.29 is 15.5 Å². The van der Waals surface area contributed by atoms with Gasteiger partial charge in [-0.25, -0.2) is 0 Å². The monoisotopic (exact) mass is 171 g/mol. The Bertz CT molecular complexity index is 399. The molecule has 0 amide bonds. The van der Waals surface area contributed by atoms with Crippen LogP contribution in [0.3, 0.4) is 0 Å². The van der Waals surface area contributed by atoms with Crippen LogP contribution in [0.25, 0.3) is 0 Å². The molecule has 0 unspecified atom stereocenters. The van der Waals surface area contributed by atoms with Crippen LogP contribution in [-0.4, -0.2) is 16.6 Å². The van der Waals surface area contributed by atoms with Gasteiger partial charge in [-0.3, -0.25) is 10.1 Å². The Hall–Kier alpha value is -1.42. The van der Waals surface area contributed by atoms with E-state index >= 15 is 0 Å². The first-order valence-electron chi connectivity index (χ1n) is 5.13. The highest BCUT2D eigenvalue weighted by atomic mass is 16.6. The van der Waals surface area contributed by atoms with Crippen LogP contribution in [0.2, 0.25) is 0 Å². The first kappa shape index (κ1) is 4.57. The second-order valence-electron chi connectivity index (χ2n) is 2.04. The van der Waals surface area contributed by atoms with E-state index in [0.29, 0.717) is 0 Å². The molecule has 0 aromatic heterocycles. The maximum atomic E-state index is 10.3. The standard InChI is InChI=1S/C8H9NO3/c10-6-5-7-1-3-8(4-2-7)9(11)12/h1-4,10H,5-6H2/i5D2,6D2. The lowest BCUT2D eigenvalue weighted by Crippen LogP contribution is -1.91. The first-order valence-corrected chi connectivity index (χ1v) is 3.13. The van der Waals surface area contributed by atoms with Gasteiger partial charge in [0, 0.05) is 21.4 Å². The Morgan fingerprint density at radius 2 is 2.08 bits per heavy atom. The third kappa shape index (κ3) is 2.03. The highest BCUT2D eigenvalue weighted by Crippen LogP contribution is 2.11. The molecule has 12 heavy (non-hydrogen) atoms. The molecule has 0 aliphatic carbocycles. The molecule has 1 aromatic rings. The van der Waals surface area contributed by atoms with Gasteiger partial charge in [-0.1, -0.05) is 12.1 Å². The van der Waals surface area contributed by atoms with Crippen LogP contribution in [0.4, 0.5) is 5.69 Å². The molecule has 4 heteroatoms. The van der Waals surface area contributed by atoms with Gasteiger partial charge in [0.15, 0.2) is 0 Å². The fourth-order valence-electron chi connectivity index (χ4n) is 0.731. The molecule has 0 spiro atoms. The molecule has 0 fully saturated rings. The van der Waals surface area contributed by atoms with Gasteiger partial charge in [-0.2, -0.15) is 0 Å². The molecule has 1 aromatic carbocycles. The largest absolute Gasteiger partial charge is 0.396 e. The van der Waals surface area contributed by atoms with E-state index in [9.17, 15) is 10.1 Å². The smallest absolute Gasteiger partial charge is 0.269 e. The molecule has 1 N–H and O–H groups in total. The number of hydrogen-bond donors (Lipinski definition) is 1. The van der Waals surface area contributed by atoms with Crippen LogP contribution in [0.1, 0.15) is 11.0 Å². The third-order valence-corrected chi connectivity index (χ3v) is 1.28. The number of hydrogen-bond acceptors (Lipinski definition) is 3. The van der Waals surface area contributed by atoms with E-state index < -0.39 is 17.9 Å². The minimum atomic E-state index is -3.05. The quantitative estimate of drug-likeness (QED) is 0.547. The van der Waals surface area contributed by atoms with Gasteiger partial charge in [0.05, 0.1) is 7.66 Å². The van der Waals surface area contributed by atoms with Crippen LogP contribution in [0.15, 0.2) is 24.3 Å². The summed E-state index contributed by atoms with van der Waals surface area (Å²) in [6.45, 7) is -3.05. The van der Waals surface area contributed by atoms with E-state index in [2.05, 4.69) is 0 Å². The van der Waals surface area contributed by atoms with Gasteiger partial charge in [0.25, 0.3) is 5.69 Å². The Labute approximate surface area is 75.2 Å². The second-order valence-corrected chi connectivity index (χ2v) is 2.04. The number of nitro benzene ring substituents is 1. The van der Waals surface area contributed by atoms with Crippen molar-refractivity contribution in [2.45, 2.75) is 6.37 Å². The van der Waals surface area contributed by atoms with Crippen molar-refractivity contribution >= 4 is 5.69 Å². The molecule has 0 radical (unpaired) electrons. The summed E-state index contributed by atoms with van der Waals surface area (Å²) >= 11 is 0. The molecule has 0 saturated heterocycles. The minimum Gasteiger partial charge on any atom is -0.396 e. The fourth-order valence-corrected chi connectivity index (χ4v) is 0.731. The maximum Gasteiger partial charge on any atom is 0.269 e. The first-order chi connectivity index (χ1) is 7.16. The molecule has 0 saturated carbocycles. The summed E-state index contributed by atoms with van der Waals surface area (Å²) in [5, 5.41) is 19.3. The lowest BCUT2D eigenvalue weighted by molar-refractivity contribution is -0.384. The average Bonchev–Trinajstić information content (AvgIpc) is 2.16. The van der Waals surface area contributed by atoms with Crippen molar-refractivity contribution in [1.29, 1.82) is 0 Å². The summed E-state index contributed by atoms with van der Waals surface area (Å²) < 4.78 is 28.6. The minimum absolute atomic E-state index is 0.161. The summed E-state index contributed by atoms with van der Waals surface area (Å²) in [5.74, 6) is 0. The van der Waals surface area contributed by atoms with E-state index in [1.807, 2.05) is 0 Å². The van der Waals surface area contributed by atoms with Gasteiger partial charge in [0.2, 0.25) is 0 Å². The normalized spacial score (nSPS) is 17.1. The van der Waals surface area contributed by atoms with E-state index in [1.54, 1.807) is 0 Å². The molecular formula is C8H9NO3. The van der Waals surface area contributed by atoms with Crippen LogP contribution >= 0.6 is 0 Å². The number of benzene rings is 1. The number of non-ortho nitro benzene ring substituents is 1. The van der Waals surface area contributed by atoms with E-state index in [4.69, 9.17) is 10.6 Å². The Kier molecular flexibility index (Phi) is 1.46.